The Bertz CT molecular complexity index is 253. The van der Waals surface area contributed by atoms with Crippen LogP contribution in [0.25, 0.3) is 0 Å². The van der Waals surface area contributed by atoms with Crippen LogP contribution in [0.5, 0.6) is 0 Å². The Morgan fingerprint density at radius 3 is 2.50 bits per heavy atom. The summed E-state index contributed by atoms with van der Waals surface area (Å²) >= 11 is 0. The van der Waals surface area contributed by atoms with Crippen LogP contribution in [0.3, 0.4) is 0 Å². The van der Waals surface area contributed by atoms with Gasteiger partial charge < -0.3 is 9.47 Å². The van der Waals surface area contributed by atoms with Gasteiger partial charge in [-0.05, 0) is 13.8 Å². The molecule has 0 aromatic heterocycles. The maximum absolute atomic E-state index is 11.2. The number of hydrogen-bond acceptors (Lipinski definition) is 4. The largest absolute Gasteiger partial charge is 0.500 e. The number of Topliss-reactive ketones (excluding diaryl/α,β-unsaturated/α-hetero) is 1. The molecule has 0 heterocycles. The van der Waals surface area contributed by atoms with Crippen LogP contribution in [0.4, 0.5) is 0 Å². The minimum Gasteiger partial charge on any atom is -0.500 e. The first-order valence-corrected chi connectivity index (χ1v) is 4.24. The summed E-state index contributed by atoms with van der Waals surface area (Å²) in [6, 6.07) is 0. The van der Waals surface area contributed by atoms with Crippen molar-refractivity contribution in [1.29, 1.82) is 0 Å². The maximum Gasteiger partial charge on any atom is 0.345 e. The number of ketones is 1. The molecule has 78 valence electrons. The van der Waals surface area contributed by atoms with Crippen molar-refractivity contribution < 1.29 is 19.1 Å². The van der Waals surface area contributed by atoms with Crippen molar-refractivity contribution in [3.8, 4) is 0 Å². The van der Waals surface area contributed by atoms with Gasteiger partial charge in [-0.15, -0.1) is 0 Å². The molecule has 0 fully saturated rings. The number of hydrogen-bond donors (Lipinski definition) is 0. The van der Waals surface area contributed by atoms with Gasteiger partial charge in [0.2, 0.25) is 0 Å². The standard InChI is InChI=1S/C10H14O4/c1-4-6-14-10(12)9(8(3)11)7-13-5-2/h4,7H,1,5-6H2,2-3H3/b9-7+. The van der Waals surface area contributed by atoms with E-state index in [4.69, 9.17) is 4.74 Å². The smallest absolute Gasteiger partial charge is 0.345 e. The summed E-state index contributed by atoms with van der Waals surface area (Å²) < 4.78 is 9.53. The Kier molecular flexibility index (Phi) is 6.11. The lowest BCUT2D eigenvalue weighted by Crippen LogP contribution is -2.14. The van der Waals surface area contributed by atoms with E-state index in [0.29, 0.717) is 6.61 Å². The van der Waals surface area contributed by atoms with Gasteiger partial charge in [0.25, 0.3) is 0 Å². The fourth-order valence-electron chi connectivity index (χ4n) is 0.654. The van der Waals surface area contributed by atoms with Gasteiger partial charge in [-0.25, -0.2) is 4.79 Å². The molecular formula is C10H14O4. The normalized spacial score (nSPS) is 10.6. The zero-order valence-corrected chi connectivity index (χ0v) is 8.41. The lowest BCUT2D eigenvalue weighted by atomic mass is 10.2. The molecule has 0 aliphatic carbocycles. The summed E-state index contributed by atoms with van der Waals surface area (Å²) in [4.78, 5) is 22.2. The SMILES string of the molecule is C=CCOC(=O)/C(=C/OCC)C(C)=O. The third kappa shape index (κ3) is 4.45. The van der Waals surface area contributed by atoms with Gasteiger partial charge in [-0.1, -0.05) is 12.7 Å². The molecule has 0 aromatic rings. The molecule has 0 rings (SSSR count). The van der Waals surface area contributed by atoms with Crippen molar-refractivity contribution in [2.24, 2.45) is 0 Å². The molecule has 0 atom stereocenters. The van der Waals surface area contributed by atoms with Gasteiger partial charge in [0.1, 0.15) is 18.4 Å². The van der Waals surface area contributed by atoms with Crippen LogP contribution in [-0.2, 0) is 19.1 Å². The highest BCUT2D eigenvalue weighted by Crippen LogP contribution is 2.00. The summed E-state index contributed by atoms with van der Waals surface area (Å²) in [6.07, 6.45) is 2.55. The molecule has 0 bridgehead atoms. The van der Waals surface area contributed by atoms with E-state index in [1.54, 1.807) is 6.92 Å². The van der Waals surface area contributed by atoms with E-state index in [1.165, 1.54) is 13.0 Å². The number of ether oxygens (including phenoxy) is 2. The first-order valence-electron chi connectivity index (χ1n) is 4.24. The molecule has 0 saturated carbocycles. The van der Waals surface area contributed by atoms with E-state index in [2.05, 4.69) is 11.3 Å². The molecule has 0 saturated heterocycles. The number of esters is 1. The molecule has 0 N–H and O–H groups in total. The molecule has 0 amide bonds. The monoisotopic (exact) mass is 198 g/mol. The van der Waals surface area contributed by atoms with Crippen molar-refractivity contribution >= 4 is 11.8 Å². The molecule has 0 spiro atoms. The Morgan fingerprint density at radius 2 is 2.07 bits per heavy atom. The highest BCUT2D eigenvalue weighted by molar-refractivity contribution is 6.16. The molecule has 0 aromatic carbocycles. The summed E-state index contributed by atoms with van der Waals surface area (Å²) in [5.41, 5.74) is -0.0892. The predicted octanol–water partition coefficient (Wildman–Crippen LogP) is 1.22. The van der Waals surface area contributed by atoms with Crippen LogP contribution in [0.1, 0.15) is 13.8 Å². The van der Waals surface area contributed by atoms with Crippen molar-refractivity contribution in [3.05, 3.63) is 24.5 Å². The van der Waals surface area contributed by atoms with E-state index < -0.39 is 5.97 Å². The zero-order valence-electron chi connectivity index (χ0n) is 8.41. The zero-order chi connectivity index (χ0) is 11.0. The van der Waals surface area contributed by atoms with Gasteiger partial charge in [-0.2, -0.15) is 0 Å². The lowest BCUT2D eigenvalue weighted by Gasteiger charge is -2.03. The Balaban J connectivity index is 4.41. The highest BCUT2D eigenvalue weighted by atomic mass is 16.5. The summed E-state index contributed by atoms with van der Waals surface area (Å²) in [5, 5.41) is 0. The molecule has 14 heavy (non-hydrogen) atoms. The minimum absolute atomic E-state index is 0.0789. The lowest BCUT2D eigenvalue weighted by molar-refractivity contribution is -0.139. The summed E-state index contributed by atoms with van der Waals surface area (Å²) in [6.45, 7) is 6.89. The van der Waals surface area contributed by atoms with Crippen molar-refractivity contribution in [2.75, 3.05) is 13.2 Å². The van der Waals surface area contributed by atoms with Gasteiger partial charge in [-0.3, -0.25) is 4.79 Å². The Morgan fingerprint density at radius 1 is 1.43 bits per heavy atom. The second-order valence-electron chi connectivity index (χ2n) is 2.43. The van der Waals surface area contributed by atoms with E-state index >= 15 is 0 Å². The fourth-order valence-corrected chi connectivity index (χ4v) is 0.654. The van der Waals surface area contributed by atoms with Gasteiger partial charge in [0.15, 0.2) is 5.78 Å². The predicted molar refractivity (Wildman–Crippen MR) is 51.5 cm³/mol. The van der Waals surface area contributed by atoms with E-state index in [1.807, 2.05) is 0 Å². The third-order valence-corrected chi connectivity index (χ3v) is 1.30. The topological polar surface area (TPSA) is 52.6 Å². The van der Waals surface area contributed by atoms with Gasteiger partial charge in [0.05, 0.1) is 6.61 Å². The number of carbonyl (C=O) groups is 2. The fraction of sp³-hybridized carbons (Fsp3) is 0.400. The summed E-state index contributed by atoms with van der Waals surface area (Å²) in [7, 11) is 0. The molecule has 0 radical (unpaired) electrons. The number of rotatable bonds is 6. The van der Waals surface area contributed by atoms with Gasteiger partial charge in [0, 0.05) is 0 Å². The quantitative estimate of drug-likeness (QED) is 0.161. The minimum atomic E-state index is -0.689. The molecule has 0 aliphatic rings. The van der Waals surface area contributed by atoms with E-state index in [-0.39, 0.29) is 18.0 Å². The van der Waals surface area contributed by atoms with Crippen LogP contribution in [-0.4, -0.2) is 25.0 Å². The molecule has 4 nitrogen and oxygen atoms in total. The van der Waals surface area contributed by atoms with Crippen LogP contribution >= 0.6 is 0 Å². The van der Waals surface area contributed by atoms with E-state index in [0.717, 1.165) is 6.26 Å². The first-order chi connectivity index (χ1) is 6.63. The van der Waals surface area contributed by atoms with Crippen LogP contribution in [0.15, 0.2) is 24.5 Å². The maximum atomic E-state index is 11.2. The first kappa shape index (κ1) is 12.4. The number of carbonyl (C=O) groups excluding carboxylic acids is 2. The highest BCUT2D eigenvalue weighted by Gasteiger charge is 2.15. The van der Waals surface area contributed by atoms with Crippen molar-refractivity contribution in [1.82, 2.24) is 0 Å². The Hall–Kier alpha value is -1.58. The van der Waals surface area contributed by atoms with Crippen LogP contribution < -0.4 is 0 Å². The Labute approximate surface area is 83.2 Å². The average Bonchev–Trinajstić information content (AvgIpc) is 2.14. The summed E-state index contributed by atoms with van der Waals surface area (Å²) in [5.74, 6) is -1.07. The second-order valence-corrected chi connectivity index (χ2v) is 2.43. The second kappa shape index (κ2) is 6.88. The third-order valence-electron chi connectivity index (χ3n) is 1.30. The van der Waals surface area contributed by atoms with Crippen LogP contribution in [0.2, 0.25) is 0 Å². The average molecular weight is 198 g/mol. The van der Waals surface area contributed by atoms with Crippen LogP contribution in [0, 0.1) is 0 Å². The molecule has 4 heteroatoms. The van der Waals surface area contributed by atoms with E-state index in [9.17, 15) is 9.59 Å². The van der Waals surface area contributed by atoms with Gasteiger partial charge >= 0.3 is 5.97 Å². The van der Waals surface area contributed by atoms with Crippen molar-refractivity contribution in [3.63, 3.8) is 0 Å². The molecule has 0 unspecified atom stereocenters. The molecular weight excluding hydrogens is 184 g/mol. The molecule has 0 aliphatic heterocycles. The van der Waals surface area contributed by atoms with Crippen molar-refractivity contribution in [2.45, 2.75) is 13.8 Å².